The molecule has 1 heterocycles. The molecule has 0 aliphatic rings. The van der Waals surface area contributed by atoms with Crippen LogP contribution in [-0.4, -0.2) is 41.4 Å². The molecule has 5 nitrogen and oxygen atoms in total. The van der Waals surface area contributed by atoms with Gasteiger partial charge in [-0.1, -0.05) is 30.3 Å². The molecule has 0 unspecified atom stereocenters. The van der Waals surface area contributed by atoms with E-state index in [4.69, 9.17) is 0 Å². The third-order valence-corrected chi connectivity index (χ3v) is 6.05. The van der Waals surface area contributed by atoms with Gasteiger partial charge in [0.15, 0.2) is 0 Å². The largest absolute Gasteiger partial charge is 0.361 e. The number of aromatic amines is 1. The fourth-order valence-corrected chi connectivity index (χ4v) is 4.10. The van der Waals surface area contributed by atoms with Gasteiger partial charge in [0, 0.05) is 28.1 Å². The van der Waals surface area contributed by atoms with E-state index in [1.54, 1.807) is 23.9 Å². The Morgan fingerprint density at radius 1 is 1.14 bits per heavy atom. The zero-order chi connectivity index (χ0) is 20.6. The Morgan fingerprint density at radius 2 is 1.90 bits per heavy atom. The molecule has 2 amide bonds. The molecule has 3 N–H and O–H groups in total. The van der Waals surface area contributed by atoms with Crippen LogP contribution in [0.5, 0.6) is 0 Å². The number of thioether (sulfide) groups is 1. The SMILES string of the molecule is CSCC[C@@H](NC(=O)c1ccccc1Br)C(=O)NCCc1c[nH]c2ccccc12. The van der Waals surface area contributed by atoms with Crippen molar-refractivity contribution in [2.45, 2.75) is 18.9 Å². The van der Waals surface area contributed by atoms with E-state index in [1.807, 2.05) is 42.8 Å². The first-order chi connectivity index (χ1) is 14.1. The van der Waals surface area contributed by atoms with Crippen LogP contribution in [-0.2, 0) is 11.2 Å². The van der Waals surface area contributed by atoms with Crippen molar-refractivity contribution >= 4 is 50.4 Å². The van der Waals surface area contributed by atoms with Crippen molar-refractivity contribution in [3.8, 4) is 0 Å². The highest BCUT2D eigenvalue weighted by molar-refractivity contribution is 9.10. The topological polar surface area (TPSA) is 74.0 Å². The van der Waals surface area contributed by atoms with Crippen molar-refractivity contribution in [2.24, 2.45) is 0 Å². The number of para-hydroxylation sites is 1. The number of carbonyl (C=O) groups excluding carboxylic acids is 2. The van der Waals surface area contributed by atoms with Gasteiger partial charge in [0.2, 0.25) is 5.91 Å². The zero-order valence-electron chi connectivity index (χ0n) is 16.2. The maximum atomic E-state index is 12.7. The molecule has 29 heavy (non-hydrogen) atoms. The zero-order valence-corrected chi connectivity index (χ0v) is 18.6. The second kappa shape index (κ2) is 10.5. The summed E-state index contributed by atoms with van der Waals surface area (Å²) >= 11 is 5.04. The second-order valence-electron chi connectivity index (χ2n) is 6.69. The van der Waals surface area contributed by atoms with E-state index in [9.17, 15) is 9.59 Å². The van der Waals surface area contributed by atoms with E-state index in [-0.39, 0.29) is 11.8 Å². The van der Waals surface area contributed by atoms with Crippen LogP contribution in [0.3, 0.4) is 0 Å². The second-order valence-corrected chi connectivity index (χ2v) is 8.53. The van der Waals surface area contributed by atoms with Gasteiger partial charge >= 0.3 is 0 Å². The third-order valence-electron chi connectivity index (χ3n) is 4.72. The number of aromatic nitrogens is 1. The highest BCUT2D eigenvalue weighted by Gasteiger charge is 2.21. The lowest BCUT2D eigenvalue weighted by molar-refractivity contribution is -0.122. The van der Waals surface area contributed by atoms with Crippen LogP contribution in [0.4, 0.5) is 0 Å². The van der Waals surface area contributed by atoms with E-state index < -0.39 is 6.04 Å². The maximum Gasteiger partial charge on any atom is 0.253 e. The molecule has 0 saturated heterocycles. The lowest BCUT2D eigenvalue weighted by Crippen LogP contribution is -2.47. The molecule has 0 radical (unpaired) electrons. The number of rotatable bonds is 9. The summed E-state index contributed by atoms with van der Waals surface area (Å²) in [5.41, 5.74) is 2.78. The first-order valence-electron chi connectivity index (χ1n) is 9.47. The lowest BCUT2D eigenvalue weighted by atomic mass is 10.1. The lowest BCUT2D eigenvalue weighted by Gasteiger charge is -2.18. The van der Waals surface area contributed by atoms with E-state index >= 15 is 0 Å². The Hall–Kier alpha value is -2.25. The van der Waals surface area contributed by atoms with Crippen LogP contribution >= 0.6 is 27.7 Å². The van der Waals surface area contributed by atoms with Crippen molar-refractivity contribution in [3.05, 3.63) is 70.3 Å². The number of amides is 2. The summed E-state index contributed by atoms with van der Waals surface area (Å²) in [7, 11) is 0. The first kappa shape index (κ1) is 21.5. The van der Waals surface area contributed by atoms with Crippen LogP contribution < -0.4 is 10.6 Å². The molecule has 1 aromatic heterocycles. The highest BCUT2D eigenvalue weighted by Crippen LogP contribution is 2.18. The molecule has 3 aromatic rings. The van der Waals surface area contributed by atoms with E-state index in [0.29, 0.717) is 23.0 Å². The van der Waals surface area contributed by atoms with Gasteiger partial charge in [0.25, 0.3) is 5.91 Å². The van der Waals surface area contributed by atoms with Gasteiger partial charge in [-0.25, -0.2) is 0 Å². The van der Waals surface area contributed by atoms with E-state index in [0.717, 1.165) is 17.7 Å². The molecular formula is C22H24BrN3O2S. The Kier molecular flexibility index (Phi) is 7.77. The minimum Gasteiger partial charge on any atom is -0.361 e. The van der Waals surface area contributed by atoms with Gasteiger partial charge in [0.05, 0.1) is 5.56 Å². The summed E-state index contributed by atoms with van der Waals surface area (Å²) in [5.74, 6) is 0.381. The van der Waals surface area contributed by atoms with Gasteiger partial charge in [-0.15, -0.1) is 0 Å². The molecule has 1 atom stereocenters. The summed E-state index contributed by atoms with van der Waals surface area (Å²) < 4.78 is 0.709. The standard InChI is InChI=1S/C22H24BrN3O2S/c1-29-13-11-20(26-21(27)17-7-2-4-8-18(17)23)22(28)24-12-10-15-14-25-19-9-5-3-6-16(15)19/h2-9,14,20,25H,10-13H2,1H3,(H,24,28)(H,26,27)/t20-/m1/s1. The van der Waals surface area contributed by atoms with E-state index in [2.05, 4.69) is 37.6 Å². The average molecular weight is 474 g/mol. The number of hydrogen-bond donors (Lipinski definition) is 3. The molecule has 0 saturated carbocycles. The van der Waals surface area contributed by atoms with Gasteiger partial charge in [-0.3, -0.25) is 9.59 Å². The summed E-state index contributed by atoms with van der Waals surface area (Å²) in [5, 5.41) is 7.03. The Labute approximate surface area is 183 Å². The van der Waals surface area contributed by atoms with Crippen LogP contribution in [0.1, 0.15) is 22.3 Å². The molecule has 0 bridgehead atoms. The number of nitrogens with one attached hydrogen (secondary N) is 3. The maximum absolute atomic E-state index is 12.7. The third kappa shape index (κ3) is 5.64. The van der Waals surface area contributed by atoms with Gasteiger partial charge in [-0.2, -0.15) is 11.8 Å². The number of halogens is 1. The molecule has 152 valence electrons. The highest BCUT2D eigenvalue weighted by atomic mass is 79.9. The van der Waals surface area contributed by atoms with Gasteiger partial charge in [0.1, 0.15) is 6.04 Å². The van der Waals surface area contributed by atoms with Crippen molar-refractivity contribution in [1.82, 2.24) is 15.6 Å². The van der Waals surface area contributed by atoms with Crippen LogP contribution in [0.25, 0.3) is 10.9 Å². The monoisotopic (exact) mass is 473 g/mol. The number of fused-ring (bicyclic) bond motifs is 1. The van der Waals surface area contributed by atoms with E-state index in [1.165, 1.54) is 10.9 Å². The molecule has 0 spiro atoms. The summed E-state index contributed by atoms with van der Waals surface area (Å²) in [6.07, 6.45) is 5.28. The molecular weight excluding hydrogens is 450 g/mol. The Balaban J connectivity index is 1.59. The first-order valence-corrected chi connectivity index (χ1v) is 11.7. The molecule has 0 aliphatic carbocycles. The predicted molar refractivity (Wildman–Crippen MR) is 123 cm³/mol. The van der Waals surface area contributed by atoms with Crippen molar-refractivity contribution in [1.29, 1.82) is 0 Å². The number of hydrogen-bond acceptors (Lipinski definition) is 3. The van der Waals surface area contributed by atoms with Crippen LogP contribution in [0.2, 0.25) is 0 Å². The quantitative estimate of drug-likeness (QED) is 0.437. The smallest absolute Gasteiger partial charge is 0.253 e. The van der Waals surface area contributed by atoms with Gasteiger partial charge < -0.3 is 15.6 Å². The Morgan fingerprint density at radius 3 is 2.69 bits per heavy atom. The fraction of sp³-hybridized carbons (Fsp3) is 0.273. The summed E-state index contributed by atoms with van der Waals surface area (Å²) in [6, 6.07) is 14.7. The molecule has 7 heteroatoms. The van der Waals surface area contributed by atoms with Crippen molar-refractivity contribution in [3.63, 3.8) is 0 Å². The number of benzene rings is 2. The van der Waals surface area contributed by atoms with Gasteiger partial charge in [-0.05, 0) is 64.5 Å². The number of carbonyl (C=O) groups is 2. The Bertz CT molecular complexity index is 989. The fourth-order valence-electron chi connectivity index (χ4n) is 3.17. The predicted octanol–water partition coefficient (Wildman–Crippen LogP) is 4.14. The molecule has 0 aliphatic heterocycles. The minimum atomic E-state index is -0.565. The molecule has 3 rings (SSSR count). The van der Waals surface area contributed by atoms with Crippen molar-refractivity contribution in [2.75, 3.05) is 18.6 Å². The molecule has 0 fully saturated rings. The van der Waals surface area contributed by atoms with Crippen LogP contribution in [0, 0.1) is 0 Å². The summed E-state index contributed by atoms with van der Waals surface area (Å²) in [4.78, 5) is 28.6. The summed E-state index contributed by atoms with van der Waals surface area (Å²) in [6.45, 7) is 0.515. The average Bonchev–Trinajstić information content (AvgIpc) is 3.14. The number of H-pyrrole nitrogens is 1. The minimum absolute atomic E-state index is 0.153. The van der Waals surface area contributed by atoms with Crippen LogP contribution in [0.15, 0.2) is 59.2 Å². The van der Waals surface area contributed by atoms with Crippen molar-refractivity contribution < 1.29 is 9.59 Å². The normalized spacial score (nSPS) is 11.9. The molecule has 2 aromatic carbocycles.